The van der Waals surface area contributed by atoms with Gasteiger partial charge >= 0.3 is 5.97 Å². The van der Waals surface area contributed by atoms with Crippen molar-refractivity contribution in [3.05, 3.63) is 34.9 Å². The minimum absolute atomic E-state index is 0.0293. The van der Waals surface area contributed by atoms with Crippen LogP contribution in [0.5, 0.6) is 11.5 Å². The van der Waals surface area contributed by atoms with Gasteiger partial charge in [0.15, 0.2) is 11.5 Å². The van der Waals surface area contributed by atoms with E-state index in [1.54, 1.807) is 0 Å². The molecule has 5 rings (SSSR count). The highest BCUT2D eigenvalue weighted by atomic mass is 16.7. The largest absolute Gasteiger partial charge is 0.459 e. The van der Waals surface area contributed by atoms with Crippen LogP contribution in [0.25, 0.3) is 0 Å². The first-order valence-corrected chi connectivity index (χ1v) is 9.42. The molecule has 3 heterocycles. The van der Waals surface area contributed by atoms with E-state index in [-0.39, 0.29) is 44.0 Å². The molecule has 4 aliphatic rings. The van der Waals surface area contributed by atoms with Crippen LogP contribution in [0.15, 0.2) is 23.8 Å². The number of nitrogens with zero attached hydrogens (tertiary/aromatic N) is 1. The summed E-state index contributed by atoms with van der Waals surface area (Å²) < 4.78 is 22.8. The van der Waals surface area contributed by atoms with E-state index in [1.807, 2.05) is 6.07 Å². The number of hydrogen-bond donors (Lipinski definition) is 1. The molecule has 1 saturated heterocycles. The van der Waals surface area contributed by atoms with Gasteiger partial charge in [0.05, 0.1) is 13.2 Å². The Morgan fingerprint density at radius 3 is 2.93 bits per heavy atom. The van der Waals surface area contributed by atoms with Crippen molar-refractivity contribution in [2.24, 2.45) is 0 Å². The normalized spacial score (nSPS) is 30.5. The monoisotopic (exact) mass is 373 g/mol. The average Bonchev–Trinajstić information content (AvgIpc) is 3.26. The summed E-state index contributed by atoms with van der Waals surface area (Å²) >= 11 is 0. The Morgan fingerprint density at radius 2 is 2.15 bits per heavy atom. The van der Waals surface area contributed by atoms with Crippen molar-refractivity contribution in [3.63, 3.8) is 0 Å². The molecule has 27 heavy (non-hydrogen) atoms. The first-order chi connectivity index (χ1) is 13.2. The van der Waals surface area contributed by atoms with Crippen LogP contribution in [0, 0.1) is 0 Å². The summed E-state index contributed by atoms with van der Waals surface area (Å²) in [5, 5.41) is 9.20. The number of rotatable bonds is 4. The van der Waals surface area contributed by atoms with E-state index >= 15 is 0 Å². The Balaban J connectivity index is 1.61. The molecule has 1 aromatic carbocycles. The van der Waals surface area contributed by atoms with Crippen molar-refractivity contribution in [1.29, 1.82) is 0 Å². The number of esters is 1. The molecule has 144 valence electrons. The molecule has 0 bridgehead atoms. The molecule has 0 saturated carbocycles. The summed E-state index contributed by atoms with van der Waals surface area (Å²) in [6.45, 7) is 3.62. The fraction of sp³-hybridized carbons (Fsp3) is 0.550. The third-order valence-electron chi connectivity index (χ3n) is 5.93. The zero-order valence-electron chi connectivity index (χ0n) is 15.2. The number of aliphatic hydroxyl groups excluding tert-OH is 1. The molecule has 1 aliphatic carbocycles. The summed E-state index contributed by atoms with van der Waals surface area (Å²) in [6.07, 6.45) is 2.27. The molecule has 3 aliphatic heterocycles. The number of aliphatic hydroxyl groups is 1. The predicted octanol–water partition coefficient (Wildman–Crippen LogP) is 1.34. The lowest BCUT2D eigenvalue weighted by Crippen LogP contribution is -2.52. The van der Waals surface area contributed by atoms with E-state index in [2.05, 4.69) is 17.0 Å². The molecule has 7 heteroatoms. The molecule has 1 N–H and O–H groups in total. The Labute approximate surface area is 157 Å². The van der Waals surface area contributed by atoms with Gasteiger partial charge in [0.25, 0.3) is 0 Å². The second-order valence-electron chi connectivity index (χ2n) is 7.47. The summed E-state index contributed by atoms with van der Waals surface area (Å²) in [4.78, 5) is 14.3. The summed E-state index contributed by atoms with van der Waals surface area (Å²) in [6, 6.07) is 4.30. The van der Waals surface area contributed by atoms with Gasteiger partial charge in [-0.15, -0.1) is 0 Å². The fourth-order valence-electron chi connectivity index (χ4n) is 4.98. The Bertz CT molecular complexity index is 806. The second kappa shape index (κ2) is 6.51. The number of hydrogen-bond acceptors (Lipinski definition) is 7. The highest BCUT2D eigenvalue weighted by molar-refractivity contribution is 5.66. The molecular formula is C20H23NO6. The average molecular weight is 373 g/mol. The SMILES string of the molecule is CC(=O)OC1C(OCCO)C=C2CCN3Cc4cc5c(cc4C1C23)OCO5. The Morgan fingerprint density at radius 1 is 1.33 bits per heavy atom. The smallest absolute Gasteiger partial charge is 0.303 e. The van der Waals surface area contributed by atoms with Gasteiger partial charge in [0, 0.05) is 32.0 Å². The summed E-state index contributed by atoms with van der Waals surface area (Å²) in [5.74, 6) is 1.16. The van der Waals surface area contributed by atoms with Crippen LogP contribution in [0.1, 0.15) is 30.4 Å². The molecule has 7 nitrogen and oxygen atoms in total. The minimum atomic E-state index is -0.442. The molecule has 4 unspecified atom stereocenters. The molecule has 1 aromatic rings. The zero-order chi connectivity index (χ0) is 18.5. The first-order valence-electron chi connectivity index (χ1n) is 9.42. The van der Waals surface area contributed by atoms with Crippen molar-refractivity contribution < 1.29 is 28.8 Å². The molecule has 0 amide bonds. The molecule has 1 fully saturated rings. The topological polar surface area (TPSA) is 77.5 Å². The molecule has 0 aromatic heterocycles. The van der Waals surface area contributed by atoms with Crippen LogP contribution in [-0.2, 0) is 20.8 Å². The number of benzene rings is 1. The number of ether oxygens (including phenoxy) is 4. The maximum Gasteiger partial charge on any atom is 0.303 e. The third kappa shape index (κ3) is 2.72. The Kier molecular flexibility index (Phi) is 4.11. The second-order valence-corrected chi connectivity index (χ2v) is 7.47. The van der Waals surface area contributed by atoms with Crippen molar-refractivity contribution in [3.8, 4) is 11.5 Å². The van der Waals surface area contributed by atoms with Crippen LogP contribution in [-0.4, -0.2) is 60.8 Å². The van der Waals surface area contributed by atoms with Gasteiger partial charge < -0.3 is 24.1 Å². The lowest BCUT2D eigenvalue weighted by Gasteiger charge is -2.46. The highest BCUT2D eigenvalue weighted by Gasteiger charge is 2.51. The zero-order valence-corrected chi connectivity index (χ0v) is 15.2. The van der Waals surface area contributed by atoms with Crippen molar-refractivity contribution in [1.82, 2.24) is 4.90 Å². The van der Waals surface area contributed by atoms with Crippen LogP contribution < -0.4 is 9.47 Å². The summed E-state index contributed by atoms with van der Waals surface area (Å²) in [5.41, 5.74) is 3.65. The minimum Gasteiger partial charge on any atom is -0.459 e. The van der Waals surface area contributed by atoms with Crippen LogP contribution in [0.3, 0.4) is 0 Å². The van der Waals surface area contributed by atoms with E-state index in [0.29, 0.717) is 0 Å². The lowest BCUT2D eigenvalue weighted by molar-refractivity contribution is -0.157. The van der Waals surface area contributed by atoms with Crippen molar-refractivity contribution in [2.75, 3.05) is 26.6 Å². The van der Waals surface area contributed by atoms with E-state index in [9.17, 15) is 9.90 Å². The lowest BCUT2D eigenvalue weighted by atomic mass is 9.73. The van der Waals surface area contributed by atoms with Crippen LogP contribution in [0.4, 0.5) is 0 Å². The first kappa shape index (κ1) is 17.0. The standard InChI is InChI=1S/C20H23NO6/c1-11(23)27-20-17(24-5-4-22)6-12-2-3-21-9-13-7-15-16(26-10-25-15)8-14(13)18(20)19(12)21/h6-8,17-20,22H,2-5,9-10H2,1H3. The maximum atomic E-state index is 11.9. The fourth-order valence-corrected chi connectivity index (χ4v) is 4.98. The number of fused-ring (bicyclic) bond motifs is 3. The molecule has 4 atom stereocenters. The van der Waals surface area contributed by atoms with E-state index in [4.69, 9.17) is 18.9 Å². The van der Waals surface area contributed by atoms with E-state index < -0.39 is 6.10 Å². The quantitative estimate of drug-likeness (QED) is 0.630. The number of carbonyl (C=O) groups is 1. The van der Waals surface area contributed by atoms with Gasteiger partial charge in [-0.3, -0.25) is 9.69 Å². The summed E-state index contributed by atoms with van der Waals surface area (Å²) in [7, 11) is 0. The maximum absolute atomic E-state index is 11.9. The number of carbonyl (C=O) groups excluding carboxylic acids is 1. The van der Waals surface area contributed by atoms with Gasteiger partial charge in [0.1, 0.15) is 12.2 Å². The van der Waals surface area contributed by atoms with Gasteiger partial charge in [-0.25, -0.2) is 0 Å². The molecular weight excluding hydrogens is 350 g/mol. The van der Waals surface area contributed by atoms with Gasteiger partial charge in [-0.1, -0.05) is 11.6 Å². The highest BCUT2D eigenvalue weighted by Crippen LogP contribution is 2.50. The predicted molar refractivity (Wildman–Crippen MR) is 94.6 cm³/mol. The van der Waals surface area contributed by atoms with Crippen molar-refractivity contribution in [2.45, 2.75) is 44.1 Å². The molecule has 0 radical (unpaired) electrons. The van der Waals surface area contributed by atoms with E-state index in [1.165, 1.54) is 18.1 Å². The van der Waals surface area contributed by atoms with E-state index in [0.717, 1.165) is 36.6 Å². The van der Waals surface area contributed by atoms with Crippen molar-refractivity contribution >= 4 is 5.97 Å². The van der Waals surface area contributed by atoms with Crippen LogP contribution in [0.2, 0.25) is 0 Å². The molecule has 0 spiro atoms. The third-order valence-corrected chi connectivity index (χ3v) is 5.93. The van der Waals surface area contributed by atoms with Crippen LogP contribution >= 0.6 is 0 Å². The van der Waals surface area contributed by atoms with Gasteiger partial charge in [-0.2, -0.15) is 0 Å². The Hall–Kier alpha value is -2.09. The van der Waals surface area contributed by atoms with Gasteiger partial charge in [-0.05, 0) is 29.7 Å². The van der Waals surface area contributed by atoms with Gasteiger partial charge in [0.2, 0.25) is 6.79 Å².